The zero-order chi connectivity index (χ0) is 63.8. The fraction of sp³-hybridized carbons (Fsp3) is 0.940. The van der Waals surface area contributed by atoms with Crippen molar-refractivity contribution in [2.24, 2.45) is 17.8 Å². The number of rotatable bonds is 65. The molecule has 3 N–H and O–H groups in total. The molecule has 0 heterocycles. The third kappa shape index (κ3) is 60.9. The van der Waals surface area contributed by atoms with Crippen LogP contribution in [0.25, 0.3) is 0 Å². The van der Waals surface area contributed by atoms with Crippen LogP contribution in [0, 0.1) is 17.8 Å². The van der Waals surface area contributed by atoms with E-state index in [1.165, 1.54) is 135 Å². The first kappa shape index (κ1) is 84.1. The number of phosphoric acid groups is 2. The quantitative estimate of drug-likeness (QED) is 0.0222. The van der Waals surface area contributed by atoms with Crippen LogP contribution in [0.1, 0.15) is 331 Å². The summed E-state index contributed by atoms with van der Waals surface area (Å²) < 4.78 is 68.1. The second-order valence-electron chi connectivity index (χ2n) is 25.6. The summed E-state index contributed by atoms with van der Waals surface area (Å²) in [5.41, 5.74) is 0. The lowest BCUT2D eigenvalue weighted by molar-refractivity contribution is -0.161. The second kappa shape index (κ2) is 58.2. The van der Waals surface area contributed by atoms with Gasteiger partial charge in [0.15, 0.2) is 12.2 Å². The van der Waals surface area contributed by atoms with Crippen molar-refractivity contribution in [1.29, 1.82) is 0 Å². The number of unbranched alkanes of at least 4 members (excludes halogenated alkanes) is 33. The summed E-state index contributed by atoms with van der Waals surface area (Å²) in [6.07, 6.45) is 40.3. The van der Waals surface area contributed by atoms with E-state index in [1.807, 2.05) is 0 Å². The zero-order valence-electron chi connectivity index (χ0n) is 55.8. The summed E-state index contributed by atoms with van der Waals surface area (Å²) in [6.45, 7) is 11.7. The Labute approximate surface area is 524 Å². The van der Waals surface area contributed by atoms with E-state index in [0.717, 1.165) is 108 Å². The minimum absolute atomic E-state index is 0.105. The molecular weight excluding hydrogens is 1140 g/mol. The van der Waals surface area contributed by atoms with Crippen LogP contribution in [-0.4, -0.2) is 96.7 Å². The Morgan fingerprint density at radius 1 is 0.314 bits per heavy atom. The highest BCUT2D eigenvalue weighted by Gasteiger charge is 2.30. The highest BCUT2D eigenvalue weighted by molar-refractivity contribution is 7.47. The summed E-state index contributed by atoms with van der Waals surface area (Å²) in [5, 5.41) is 10.6. The van der Waals surface area contributed by atoms with Crippen LogP contribution >= 0.6 is 15.6 Å². The molecule has 0 aromatic carbocycles. The minimum Gasteiger partial charge on any atom is -0.462 e. The van der Waals surface area contributed by atoms with Crippen LogP contribution in [0.15, 0.2) is 0 Å². The van der Waals surface area contributed by atoms with Crippen LogP contribution in [0.2, 0.25) is 0 Å². The van der Waals surface area contributed by atoms with Crippen LogP contribution in [0.5, 0.6) is 0 Å². The van der Waals surface area contributed by atoms with Crippen LogP contribution in [0.3, 0.4) is 0 Å². The Kier molecular flexibility index (Phi) is 56.9. The van der Waals surface area contributed by atoms with Gasteiger partial charge in [0.2, 0.25) is 0 Å². The number of hydrogen-bond acceptors (Lipinski definition) is 15. The summed E-state index contributed by atoms with van der Waals surface area (Å²) in [6, 6.07) is 0. The van der Waals surface area contributed by atoms with Gasteiger partial charge in [-0.25, -0.2) is 9.13 Å². The molecule has 0 fully saturated rings. The molecule has 0 saturated heterocycles. The van der Waals surface area contributed by atoms with Gasteiger partial charge in [-0.3, -0.25) is 37.3 Å². The number of ether oxygens (including phenoxy) is 4. The monoisotopic (exact) mass is 1270 g/mol. The summed E-state index contributed by atoms with van der Waals surface area (Å²) >= 11 is 0. The molecule has 0 rings (SSSR count). The molecule has 19 heteroatoms. The van der Waals surface area contributed by atoms with Crippen molar-refractivity contribution in [1.82, 2.24) is 0 Å². The molecule has 0 aromatic rings. The van der Waals surface area contributed by atoms with Crippen molar-refractivity contribution in [2.45, 2.75) is 349 Å². The van der Waals surface area contributed by atoms with E-state index in [2.05, 4.69) is 48.5 Å². The molecule has 0 aliphatic rings. The SMILES string of the molecule is CCCCCCCCCCCCCCC(=O)O[C@H](COC(=O)CCCCCCCCCC(C)C)COP(=O)(O)OC[C@H](O)COP(=O)(O)OC[C@@H](COC(=O)CCCCCCCCCCCC(C)C)OC(=O)CCCCCCCCCCCC(C)C. The van der Waals surface area contributed by atoms with Gasteiger partial charge < -0.3 is 33.8 Å². The average molecular weight is 1270 g/mol. The second-order valence-corrected chi connectivity index (χ2v) is 28.5. The van der Waals surface area contributed by atoms with E-state index in [1.54, 1.807) is 0 Å². The van der Waals surface area contributed by atoms with E-state index in [4.69, 9.17) is 37.0 Å². The summed E-state index contributed by atoms with van der Waals surface area (Å²) in [7, 11) is -9.89. The maximum atomic E-state index is 13.0. The Bertz CT molecular complexity index is 1700. The number of aliphatic hydroxyl groups excluding tert-OH is 1. The third-order valence-electron chi connectivity index (χ3n) is 15.4. The van der Waals surface area contributed by atoms with E-state index in [0.29, 0.717) is 31.6 Å². The molecule has 0 bridgehead atoms. The maximum absolute atomic E-state index is 13.0. The highest BCUT2D eigenvalue weighted by Crippen LogP contribution is 2.45. The molecule has 0 saturated carbocycles. The van der Waals surface area contributed by atoms with Gasteiger partial charge in [-0.2, -0.15) is 0 Å². The van der Waals surface area contributed by atoms with Gasteiger partial charge in [0.05, 0.1) is 26.4 Å². The zero-order valence-corrected chi connectivity index (χ0v) is 57.6. The van der Waals surface area contributed by atoms with Gasteiger partial charge in [-0.05, 0) is 43.4 Å². The normalized spacial score (nSPS) is 14.3. The van der Waals surface area contributed by atoms with E-state index >= 15 is 0 Å². The molecule has 86 heavy (non-hydrogen) atoms. The first-order valence-electron chi connectivity index (χ1n) is 34.8. The van der Waals surface area contributed by atoms with Gasteiger partial charge in [0.25, 0.3) is 0 Å². The maximum Gasteiger partial charge on any atom is 0.472 e. The van der Waals surface area contributed by atoms with E-state index < -0.39 is 97.5 Å². The fourth-order valence-electron chi connectivity index (χ4n) is 10.0. The molecule has 0 amide bonds. The highest BCUT2D eigenvalue weighted by atomic mass is 31.2. The average Bonchev–Trinajstić information content (AvgIpc) is 3.64. The van der Waals surface area contributed by atoms with Gasteiger partial charge in [0.1, 0.15) is 19.3 Å². The molecular formula is C67H130O17P2. The third-order valence-corrected chi connectivity index (χ3v) is 17.3. The van der Waals surface area contributed by atoms with Crippen molar-refractivity contribution in [3.05, 3.63) is 0 Å². The van der Waals surface area contributed by atoms with Gasteiger partial charge >= 0.3 is 39.5 Å². The van der Waals surface area contributed by atoms with Crippen molar-refractivity contribution < 1.29 is 80.2 Å². The van der Waals surface area contributed by atoms with Crippen LogP contribution in [-0.2, 0) is 65.4 Å². The summed E-state index contributed by atoms with van der Waals surface area (Å²) in [5.74, 6) is 0.0543. The first-order valence-corrected chi connectivity index (χ1v) is 37.8. The first-order chi connectivity index (χ1) is 41.2. The van der Waals surface area contributed by atoms with Crippen molar-refractivity contribution >= 4 is 39.5 Å². The van der Waals surface area contributed by atoms with Crippen molar-refractivity contribution in [3.63, 3.8) is 0 Å². The molecule has 0 aliphatic carbocycles. The Morgan fingerprint density at radius 2 is 0.535 bits per heavy atom. The minimum atomic E-state index is -4.95. The van der Waals surface area contributed by atoms with Crippen LogP contribution in [0.4, 0.5) is 0 Å². The standard InChI is InChI=1S/C67H130O17P2/c1-8-9-10-11-12-13-14-15-20-28-36-43-50-66(71)83-63(55-78-65(70)49-42-35-30-23-26-33-40-47-60(6)7)57-82-86(75,76)80-53-61(68)52-79-85(73,74)81-56-62(84-67(72)51-44-37-29-22-17-19-25-32-39-46-59(4)5)54-77-64(69)48-41-34-27-21-16-18-24-31-38-45-58(2)3/h58-63,68H,8-57H2,1-7H3,(H,73,74)(H,75,76)/t61-,62-,63-/m1/s1. The molecule has 0 radical (unpaired) electrons. The fourth-order valence-corrected chi connectivity index (χ4v) is 11.6. The molecule has 0 spiro atoms. The number of carbonyl (C=O) groups excluding carboxylic acids is 4. The Hall–Kier alpha value is -1.94. The van der Waals surface area contributed by atoms with E-state index in [9.17, 15) is 43.2 Å². The number of phosphoric ester groups is 2. The largest absolute Gasteiger partial charge is 0.472 e. The van der Waals surface area contributed by atoms with Gasteiger partial charge in [-0.1, -0.05) is 280 Å². The topological polar surface area (TPSA) is 237 Å². The molecule has 17 nitrogen and oxygen atoms in total. The number of aliphatic hydroxyl groups is 1. The predicted octanol–water partition coefficient (Wildman–Crippen LogP) is 18.7. The smallest absolute Gasteiger partial charge is 0.462 e. The lowest BCUT2D eigenvalue weighted by atomic mass is 10.0. The lowest BCUT2D eigenvalue weighted by Gasteiger charge is -2.21. The predicted molar refractivity (Wildman–Crippen MR) is 344 cm³/mol. The van der Waals surface area contributed by atoms with E-state index in [-0.39, 0.29) is 25.7 Å². The molecule has 0 aliphatic heterocycles. The Balaban J connectivity index is 5.26. The summed E-state index contributed by atoms with van der Waals surface area (Å²) in [4.78, 5) is 72.4. The Morgan fingerprint density at radius 3 is 0.791 bits per heavy atom. The molecule has 0 aromatic heterocycles. The molecule has 510 valence electrons. The van der Waals surface area contributed by atoms with Crippen LogP contribution < -0.4 is 0 Å². The number of esters is 4. The lowest BCUT2D eigenvalue weighted by Crippen LogP contribution is -2.30. The number of carbonyl (C=O) groups is 4. The molecule has 2 unspecified atom stereocenters. The molecule has 5 atom stereocenters. The van der Waals surface area contributed by atoms with Gasteiger partial charge in [0, 0.05) is 25.7 Å². The van der Waals surface area contributed by atoms with Gasteiger partial charge in [-0.15, -0.1) is 0 Å². The number of hydrogen-bond donors (Lipinski definition) is 3. The van der Waals surface area contributed by atoms with Crippen molar-refractivity contribution in [2.75, 3.05) is 39.6 Å². The van der Waals surface area contributed by atoms with Crippen molar-refractivity contribution in [3.8, 4) is 0 Å².